The Kier molecular flexibility index (Phi) is 3.39. The van der Waals surface area contributed by atoms with E-state index in [9.17, 15) is 4.79 Å². The first-order valence-corrected chi connectivity index (χ1v) is 6.33. The third kappa shape index (κ3) is 2.80. The molecule has 2 aromatic rings. The van der Waals surface area contributed by atoms with E-state index in [1.165, 1.54) is 0 Å². The van der Waals surface area contributed by atoms with Crippen molar-refractivity contribution < 1.29 is 4.79 Å². The van der Waals surface area contributed by atoms with E-state index in [4.69, 9.17) is 5.73 Å². The van der Waals surface area contributed by atoms with Gasteiger partial charge in [0.05, 0.1) is 0 Å². The molecule has 3 N–H and O–H groups in total. The van der Waals surface area contributed by atoms with Crippen LogP contribution in [0.4, 0.5) is 10.8 Å². The summed E-state index contributed by atoms with van der Waals surface area (Å²) in [5.74, 6) is -0.301. The van der Waals surface area contributed by atoms with Crippen LogP contribution in [0.5, 0.6) is 0 Å². The highest BCUT2D eigenvalue weighted by Gasteiger charge is 2.12. The van der Waals surface area contributed by atoms with Gasteiger partial charge in [-0.05, 0) is 30.7 Å². The van der Waals surface area contributed by atoms with Crippen LogP contribution in [-0.2, 0) is 0 Å². The molecular formula is C10H9BrN4OS. The smallest absolute Gasteiger partial charge is 0.286 e. The summed E-state index contributed by atoms with van der Waals surface area (Å²) >= 11 is 4.42. The van der Waals surface area contributed by atoms with Crippen LogP contribution < -0.4 is 11.1 Å². The van der Waals surface area contributed by atoms with Crippen molar-refractivity contribution >= 4 is 44.0 Å². The summed E-state index contributed by atoms with van der Waals surface area (Å²) in [5, 5.41) is 10.6. The second-order valence-corrected chi connectivity index (χ2v) is 5.28. The van der Waals surface area contributed by atoms with Crippen LogP contribution in [0.15, 0.2) is 22.7 Å². The zero-order valence-corrected chi connectivity index (χ0v) is 11.3. The van der Waals surface area contributed by atoms with E-state index in [1.807, 2.05) is 25.1 Å². The average molecular weight is 313 g/mol. The number of aryl methyl sites for hydroxylation is 1. The molecule has 1 aromatic carbocycles. The molecule has 2 rings (SSSR count). The second kappa shape index (κ2) is 4.80. The van der Waals surface area contributed by atoms with Crippen molar-refractivity contribution in [1.82, 2.24) is 10.2 Å². The van der Waals surface area contributed by atoms with Crippen LogP contribution in [-0.4, -0.2) is 16.1 Å². The van der Waals surface area contributed by atoms with E-state index in [0.717, 1.165) is 27.1 Å². The molecule has 0 saturated heterocycles. The fourth-order valence-corrected chi connectivity index (χ4v) is 2.25. The molecule has 0 bridgehead atoms. The lowest BCUT2D eigenvalue weighted by molar-refractivity contribution is 0.102. The van der Waals surface area contributed by atoms with Gasteiger partial charge in [-0.1, -0.05) is 27.3 Å². The van der Waals surface area contributed by atoms with E-state index in [1.54, 1.807) is 0 Å². The lowest BCUT2D eigenvalue weighted by atomic mass is 10.2. The molecule has 88 valence electrons. The van der Waals surface area contributed by atoms with Gasteiger partial charge < -0.3 is 11.1 Å². The van der Waals surface area contributed by atoms with Gasteiger partial charge in [-0.25, -0.2) is 0 Å². The monoisotopic (exact) mass is 312 g/mol. The fourth-order valence-electron chi connectivity index (χ4n) is 1.27. The molecule has 0 atom stereocenters. The third-order valence-electron chi connectivity index (χ3n) is 2.07. The topological polar surface area (TPSA) is 80.9 Å². The molecule has 0 radical (unpaired) electrons. The highest BCUT2D eigenvalue weighted by atomic mass is 79.9. The molecule has 0 unspecified atom stereocenters. The Balaban J connectivity index is 2.18. The van der Waals surface area contributed by atoms with Gasteiger partial charge in [0.1, 0.15) is 0 Å². The summed E-state index contributed by atoms with van der Waals surface area (Å²) in [7, 11) is 0. The first kappa shape index (κ1) is 12.0. The quantitative estimate of drug-likeness (QED) is 0.892. The number of benzene rings is 1. The molecule has 5 nitrogen and oxygen atoms in total. The van der Waals surface area contributed by atoms with Crippen LogP contribution in [0, 0.1) is 6.92 Å². The molecule has 1 amide bonds. The molecule has 0 spiro atoms. The molecule has 0 aliphatic heterocycles. The lowest BCUT2D eigenvalue weighted by Gasteiger charge is -2.06. The first-order valence-electron chi connectivity index (χ1n) is 4.73. The molecule has 1 heterocycles. The van der Waals surface area contributed by atoms with Gasteiger partial charge in [0.15, 0.2) is 0 Å². The maximum atomic E-state index is 11.8. The Morgan fingerprint density at radius 1 is 1.47 bits per heavy atom. The molecule has 1 aromatic heterocycles. The number of carbonyl (C=O) groups excluding carboxylic acids is 1. The SMILES string of the molecule is Cc1cc(Br)ccc1NC(=O)c1nnc(N)s1. The van der Waals surface area contributed by atoms with Crippen LogP contribution in [0.2, 0.25) is 0 Å². The molecular weight excluding hydrogens is 304 g/mol. The van der Waals surface area contributed by atoms with Crippen LogP contribution >= 0.6 is 27.3 Å². The van der Waals surface area contributed by atoms with E-state index in [-0.39, 0.29) is 16.0 Å². The van der Waals surface area contributed by atoms with Crippen molar-refractivity contribution in [1.29, 1.82) is 0 Å². The number of carbonyl (C=O) groups is 1. The van der Waals surface area contributed by atoms with Crippen LogP contribution in [0.3, 0.4) is 0 Å². The van der Waals surface area contributed by atoms with Crippen molar-refractivity contribution in [2.45, 2.75) is 6.92 Å². The van der Waals surface area contributed by atoms with Crippen molar-refractivity contribution in [3.63, 3.8) is 0 Å². The number of anilines is 2. The number of amides is 1. The summed E-state index contributed by atoms with van der Waals surface area (Å²) < 4.78 is 0.966. The maximum absolute atomic E-state index is 11.8. The maximum Gasteiger partial charge on any atom is 0.286 e. The van der Waals surface area contributed by atoms with Gasteiger partial charge in [0.25, 0.3) is 5.91 Å². The van der Waals surface area contributed by atoms with Crippen molar-refractivity contribution in [3.05, 3.63) is 33.2 Å². The van der Waals surface area contributed by atoms with Crippen molar-refractivity contribution in [3.8, 4) is 0 Å². The van der Waals surface area contributed by atoms with Gasteiger partial charge in [0.2, 0.25) is 10.1 Å². The average Bonchev–Trinajstić information content (AvgIpc) is 2.69. The normalized spacial score (nSPS) is 10.2. The summed E-state index contributed by atoms with van der Waals surface area (Å²) in [6, 6.07) is 5.60. The minimum Gasteiger partial charge on any atom is -0.374 e. The number of aromatic nitrogens is 2. The number of hydrogen-bond acceptors (Lipinski definition) is 5. The molecule has 0 saturated carbocycles. The predicted octanol–water partition coefficient (Wildman–Crippen LogP) is 2.44. The second-order valence-electron chi connectivity index (χ2n) is 3.36. The highest BCUT2D eigenvalue weighted by Crippen LogP contribution is 2.21. The van der Waals surface area contributed by atoms with E-state index >= 15 is 0 Å². The number of nitrogens with two attached hydrogens (primary N) is 1. The number of halogens is 1. The fraction of sp³-hybridized carbons (Fsp3) is 0.100. The van der Waals surface area contributed by atoms with Gasteiger partial charge >= 0.3 is 0 Å². The van der Waals surface area contributed by atoms with Gasteiger partial charge in [-0.2, -0.15) is 0 Å². The molecule has 17 heavy (non-hydrogen) atoms. The summed E-state index contributed by atoms with van der Waals surface area (Å²) in [5.41, 5.74) is 7.12. The number of rotatable bonds is 2. The van der Waals surface area contributed by atoms with E-state index in [2.05, 4.69) is 31.4 Å². The molecule has 0 aliphatic carbocycles. The first-order chi connectivity index (χ1) is 8.06. The van der Waals surface area contributed by atoms with Gasteiger partial charge in [0, 0.05) is 10.2 Å². The molecule has 0 fully saturated rings. The predicted molar refractivity (Wildman–Crippen MR) is 71.2 cm³/mol. The number of nitrogen functional groups attached to an aromatic ring is 1. The van der Waals surface area contributed by atoms with E-state index < -0.39 is 0 Å². The summed E-state index contributed by atoms with van der Waals surface area (Å²) in [6.07, 6.45) is 0. The minimum atomic E-state index is -0.301. The Bertz CT molecular complexity index is 569. The number of nitrogens with zero attached hydrogens (tertiary/aromatic N) is 2. The van der Waals surface area contributed by atoms with Crippen molar-refractivity contribution in [2.24, 2.45) is 0 Å². The van der Waals surface area contributed by atoms with Gasteiger partial charge in [-0.15, -0.1) is 10.2 Å². The Hall–Kier alpha value is -1.47. The Morgan fingerprint density at radius 2 is 2.24 bits per heavy atom. The van der Waals surface area contributed by atoms with Crippen LogP contribution in [0.25, 0.3) is 0 Å². The summed E-state index contributed by atoms with van der Waals surface area (Å²) in [4.78, 5) is 11.8. The Morgan fingerprint density at radius 3 is 2.82 bits per heavy atom. The zero-order chi connectivity index (χ0) is 12.4. The van der Waals surface area contributed by atoms with Gasteiger partial charge in [-0.3, -0.25) is 4.79 Å². The standard InChI is InChI=1S/C10H9BrN4OS/c1-5-4-6(11)2-3-7(5)13-8(16)9-14-15-10(12)17-9/h2-4H,1H3,(H2,12,15)(H,13,16). The highest BCUT2D eigenvalue weighted by molar-refractivity contribution is 9.10. The molecule has 0 aliphatic rings. The number of hydrogen-bond donors (Lipinski definition) is 2. The van der Waals surface area contributed by atoms with E-state index in [0.29, 0.717) is 0 Å². The van der Waals surface area contributed by atoms with Crippen LogP contribution in [0.1, 0.15) is 15.4 Å². The Labute approximate surface area is 110 Å². The van der Waals surface area contributed by atoms with Crippen molar-refractivity contribution in [2.75, 3.05) is 11.1 Å². The lowest BCUT2D eigenvalue weighted by Crippen LogP contribution is -2.12. The molecule has 7 heteroatoms. The minimum absolute atomic E-state index is 0.254. The third-order valence-corrected chi connectivity index (χ3v) is 3.32. The number of nitrogens with one attached hydrogen (secondary N) is 1. The largest absolute Gasteiger partial charge is 0.374 e. The summed E-state index contributed by atoms with van der Waals surface area (Å²) in [6.45, 7) is 1.91. The zero-order valence-electron chi connectivity index (χ0n) is 8.90.